The van der Waals surface area contributed by atoms with E-state index in [9.17, 15) is 14.7 Å². The van der Waals surface area contributed by atoms with Gasteiger partial charge in [-0.2, -0.15) is 0 Å². The van der Waals surface area contributed by atoms with Crippen LogP contribution in [-0.2, 0) is 6.54 Å². The molecule has 1 aromatic carbocycles. The monoisotopic (exact) mass is 381 g/mol. The number of H-pyrrole nitrogens is 1. The quantitative estimate of drug-likeness (QED) is 0.638. The van der Waals surface area contributed by atoms with Crippen molar-refractivity contribution in [3.8, 4) is 0 Å². The molecule has 1 amide bonds. The van der Waals surface area contributed by atoms with Gasteiger partial charge in [-0.1, -0.05) is 0 Å². The van der Waals surface area contributed by atoms with Gasteiger partial charge in [0, 0.05) is 17.8 Å². The fourth-order valence-corrected chi connectivity index (χ4v) is 3.73. The minimum atomic E-state index is -0.273. The Balaban J connectivity index is 1.52. The van der Waals surface area contributed by atoms with Crippen LogP contribution in [0.25, 0.3) is 11.0 Å². The van der Waals surface area contributed by atoms with Crippen molar-refractivity contribution in [2.24, 2.45) is 0 Å². The van der Waals surface area contributed by atoms with E-state index in [-0.39, 0.29) is 30.3 Å². The molecule has 2 heterocycles. The SMILES string of the molecule is Cc1cnc(CNC(=O)c2ccc3c(c2)[nH]c(=O)n3C2CCC(O)CC2)cn1. The van der Waals surface area contributed by atoms with E-state index in [1.165, 1.54) is 0 Å². The first-order valence-electron chi connectivity index (χ1n) is 9.49. The smallest absolute Gasteiger partial charge is 0.326 e. The predicted octanol–water partition coefficient (Wildman–Crippen LogP) is 1.83. The van der Waals surface area contributed by atoms with Crippen LogP contribution in [0.5, 0.6) is 0 Å². The first kappa shape index (κ1) is 18.4. The summed E-state index contributed by atoms with van der Waals surface area (Å²) in [5.41, 5.74) is 3.22. The van der Waals surface area contributed by atoms with Gasteiger partial charge in [-0.15, -0.1) is 0 Å². The van der Waals surface area contributed by atoms with Crippen LogP contribution in [0.1, 0.15) is 53.5 Å². The molecule has 1 aliphatic carbocycles. The van der Waals surface area contributed by atoms with Gasteiger partial charge in [-0.05, 0) is 50.8 Å². The lowest BCUT2D eigenvalue weighted by Gasteiger charge is -2.26. The number of imidazole rings is 1. The second kappa shape index (κ2) is 7.55. The largest absolute Gasteiger partial charge is 0.393 e. The second-order valence-corrected chi connectivity index (χ2v) is 7.33. The van der Waals surface area contributed by atoms with Gasteiger partial charge in [0.05, 0.1) is 41.3 Å². The molecular formula is C20H23N5O3. The minimum absolute atomic E-state index is 0.0736. The second-order valence-electron chi connectivity index (χ2n) is 7.33. The zero-order valence-corrected chi connectivity index (χ0v) is 15.7. The Hall–Kier alpha value is -3.00. The number of nitrogens with one attached hydrogen (secondary N) is 2. The highest BCUT2D eigenvalue weighted by Gasteiger charge is 2.24. The zero-order chi connectivity index (χ0) is 19.7. The molecule has 1 fully saturated rings. The van der Waals surface area contributed by atoms with Crippen LogP contribution in [0.15, 0.2) is 35.4 Å². The van der Waals surface area contributed by atoms with E-state index in [0.717, 1.165) is 24.1 Å². The number of hydrogen-bond donors (Lipinski definition) is 3. The number of benzene rings is 1. The lowest BCUT2D eigenvalue weighted by atomic mass is 9.93. The van der Waals surface area contributed by atoms with E-state index in [2.05, 4.69) is 20.3 Å². The number of aromatic nitrogens is 4. The predicted molar refractivity (Wildman–Crippen MR) is 104 cm³/mol. The number of nitrogens with zero attached hydrogens (tertiary/aromatic N) is 3. The Kier molecular flexibility index (Phi) is 4.95. The molecule has 3 aromatic rings. The highest BCUT2D eigenvalue weighted by atomic mass is 16.3. The minimum Gasteiger partial charge on any atom is -0.393 e. The van der Waals surface area contributed by atoms with Crippen LogP contribution in [0.3, 0.4) is 0 Å². The first-order chi connectivity index (χ1) is 13.5. The van der Waals surface area contributed by atoms with Crippen LogP contribution in [0.4, 0.5) is 0 Å². The maximum atomic E-state index is 12.5. The molecule has 2 aromatic heterocycles. The van der Waals surface area contributed by atoms with Crippen molar-refractivity contribution < 1.29 is 9.90 Å². The van der Waals surface area contributed by atoms with Gasteiger partial charge >= 0.3 is 5.69 Å². The van der Waals surface area contributed by atoms with Gasteiger partial charge in [0.15, 0.2) is 0 Å². The summed E-state index contributed by atoms with van der Waals surface area (Å²) in [7, 11) is 0. The van der Waals surface area contributed by atoms with Crippen molar-refractivity contribution in [2.75, 3.05) is 0 Å². The molecule has 8 heteroatoms. The van der Waals surface area contributed by atoms with Gasteiger partial charge in [0.2, 0.25) is 0 Å². The normalized spacial score (nSPS) is 19.6. The Morgan fingerprint density at radius 1 is 1.25 bits per heavy atom. The summed E-state index contributed by atoms with van der Waals surface area (Å²) >= 11 is 0. The number of carbonyl (C=O) groups is 1. The molecule has 4 rings (SSSR count). The van der Waals surface area contributed by atoms with Crippen molar-refractivity contribution in [1.29, 1.82) is 0 Å². The number of hydrogen-bond acceptors (Lipinski definition) is 5. The molecule has 8 nitrogen and oxygen atoms in total. The molecule has 0 spiro atoms. The number of fused-ring (bicyclic) bond motifs is 1. The van der Waals surface area contributed by atoms with Crippen LogP contribution in [-0.4, -0.2) is 36.6 Å². The summed E-state index contributed by atoms with van der Waals surface area (Å²) in [4.78, 5) is 36.2. The topological polar surface area (TPSA) is 113 Å². The molecule has 0 radical (unpaired) electrons. The van der Waals surface area contributed by atoms with E-state index < -0.39 is 0 Å². The van der Waals surface area contributed by atoms with Gasteiger partial charge in [-0.3, -0.25) is 19.3 Å². The molecular weight excluding hydrogens is 358 g/mol. The summed E-state index contributed by atoms with van der Waals surface area (Å²) in [5, 5.41) is 12.5. The van der Waals surface area contributed by atoms with E-state index in [1.807, 2.05) is 6.92 Å². The van der Waals surface area contributed by atoms with Crippen molar-refractivity contribution >= 4 is 16.9 Å². The zero-order valence-electron chi connectivity index (χ0n) is 15.7. The lowest BCUT2D eigenvalue weighted by molar-refractivity contribution is 0.0950. The third kappa shape index (κ3) is 3.68. The fraction of sp³-hybridized carbons (Fsp3) is 0.400. The number of amides is 1. The number of rotatable bonds is 4. The van der Waals surface area contributed by atoms with E-state index in [1.54, 1.807) is 35.2 Å². The van der Waals surface area contributed by atoms with Gasteiger partial charge in [0.25, 0.3) is 5.91 Å². The molecule has 3 N–H and O–H groups in total. The molecule has 0 atom stereocenters. The molecule has 1 aliphatic rings. The highest BCUT2D eigenvalue weighted by Crippen LogP contribution is 2.29. The molecule has 0 bridgehead atoms. The van der Waals surface area contributed by atoms with Crippen LogP contribution >= 0.6 is 0 Å². The van der Waals surface area contributed by atoms with Crippen molar-refractivity contribution in [1.82, 2.24) is 24.8 Å². The average Bonchev–Trinajstić information content (AvgIpc) is 3.03. The van der Waals surface area contributed by atoms with Crippen LogP contribution < -0.4 is 11.0 Å². The van der Waals surface area contributed by atoms with Gasteiger partial charge < -0.3 is 15.4 Å². The summed E-state index contributed by atoms with van der Waals surface area (Å²) < 4.78 is 1.75. The lowest BCUT2D eigenvalue weighted by Crippen LogP contribution is -2.27. The van der Waals surface area contributed by atoms with Crippen molar-refractivity contribution in [3.63, 3.8) is 0 Å². The number of aliphatic hydroxyl groups is 1. The van der Waals surface area contributed by atoms with Gasteiger partial charge in [-0.25, -0.2) is 4.79 Å². The Morgan fingerprint density at radius 2 is 2.04 bits per heavy atom. The Morgan fingerprint density at radius 3 is 2.75 bits per heavy atom. The third-order valence-electron chi connectivity index (χ3n) is 5.27. The molecule has 146 valence electrons. The Bertz CT molecular complexity index is 1050. The van der Waals surface area contributed by atoms with Crippen molar-refractivity contribution in [3.05, 3.63) is 58.0 Å². The number of aliphatic hydroxyl groups excluding tert-OH is 1. The first-order valence-corrected chi connectivity index (χ1v) is 9.49. The summed E-state index contributed by atoms with van der Waals surface area (Å²) in [6, 6.07) is 5.30. The van der Waals surface area contributed by atoms with Gasteiger partial charge in [0.1, 0.15) is 0 Å². The molecule has 0 saturated heterocycles. The fourth-order valence-electron chi connectivity index (χ4n) is 3.73. The standard InChI is InChI=1S/C20H23N5O3/c1-12-9-22-14(10-21-12)11-23-19(27)13-2-7-18-17(8-13)24-20(28)25(18)15-3-5-16(26)6-4-15/h2,7-10,15-16,26H,3-6,11H2,1H3,(H,23,27)(H,24,28). The Labute approximate surface area is 161 Å². The maximum Gasteiger partial charge on any atom is 0.326 e. The average molecular weight is 381 g/mol. The molecule has 0 aliphatic heterocycles. The molecule has 28 heavy (non-hydrogen) atoms. The highest BCUT2D eigenvalue weighted by molar-refractivity contribution is 5.97. The number of aromatic amines is 1. The number of aryl methyl sites for hydroxylation is 1. The summed E-state index contributed by atoms with van der Waals surface area (Å²) in [5.74, 6) is -0.237. The molecule has 0 unspecified atom stereocenters. The van der Waals surface area contributed by atoms with Crippen LogP contribution in [0.2, 0.25) is 0 Å². The summed E-state index contributed by atoms with van der Waals surface area (Å²) in [6.45, 7) is 2.14. The molecule has 1 saturated carbocycles. The summed E-state index contributed by atoms with van der Waals surface area (Å²) in [6.07, 6.45) is 5.97. The van der Waals surface area contributed by atoms with Crippen molar-refractivity contribution in [2.45, 2.75) is 51.3 Å². The van der Waals surface area contributed by atoms with E-state index >= 15 is 0 Å². The van der Waals surface area contributed by atoms with E-state index in [4.69, 9.17) is 0 Å². The number of carbonyl (C=O) groups excluding carboxylic acids is 1. The van der Waals surface area contributed by atoms with Crippen LogP contribution in [0, 0.1) is 6.92 Å². The maximum absolute atomic E-state index is 12.5. The third-order valence-corrected chi connectivity index (χ3v) is 5.27. The van der Waals surface area contributed by atoms with E-state index in [0.29, 0.717) is 29.6 Å².